The Morgan fingerprint density at radius 1 is 1.22 bits per heavy atom. The van der Waals surface area contributed by atoms with E-state index in [1.807, 2.05) is 0 Å². The Hall–Kier alpha value is -2.38. The second-order valence-corrected chi connectivity index (χ2v) is 4.40. The Morgan fingerprint density at radius 3 is 2.17 bits per heavy atom. The van der Waals surface area contributed by atoms with E-state index >= 15 is 0 Å². The molecule has 98 valence electrons. The van der Waals surface area contributed by atoms with Gasteiger partial charge in [-0.2, -0.15) is 0 Å². The molecule has 1 heterocycles. The third kappa shape index (κ3) is 2.84. The van der Waals surface area contributed by atoms with Crippen LogP contribution in [0.4, 0.5) is 4.79 Å². The number of hydrogen-bond donors (Lipinski definition) is 2. The van der Waals surface area contributed by atoms with Crippen LogP contribution in [0, 0.1) is 0 Å². The smallest absolute Gasteiger partial charge is 0.420 e. The number of imidazole rings is 1. The molecule has 0 radical (unpaired) electrons. The van der Waals surface area contributed by atoms with Gasteiger partial charge in [-0.05, 0) is 20.8 Å². The molecule has 8 heteroatoms. The van der Waals surface area contributed by atoms with E-state index in [4.69, 9.17) is 14.9 Å². The first-order valence-corrected chi connectivity index (χ1v) is 4.91. The van der Waals surface area contributed by atoms with Gasteiger partial charge in [-0.3, -0.25) is 0 Å². The SMILES string of the molecule is CC(C)(C)OC(=O)n1cnc(C(=O)O)c1C(=O)O. The van der Waals surface area contributed by atoms with Crippen LogP contribution in [0.1, 0.15) is 41.7 Å². The summed E-state index contributed by atoms with van der Waals surface area (Å²) in [5.74, 6) is -3.11. The molecule has 0 aliphatic carbocycles. The highest BCUT2D eigenvalue weighted by molar-refractivity contribution is 6.01. The fraction of sp³-hybridized carbons (Fsp3) is 0.400. The Balaban J connectivity index is 3.22. The van der Waals surface area contributed by atoms with Crippen molar-refractivity contribution in [1.82, 2.24) is 9.55 Å². The predicted octanol–water partition coefficient (Wildman–Crippen LogP) is 1.06. The number of aromatic carboxylic acids is 2. The standard InChI is InChI=1S/C10H12N2O6/c1-10(2,3)18-9(17)12-4-11-5(7(13)14)6(12)8(15)16/h4H,1-3H3,(H,13,14)(H,15,16). The van der Waals surface area contributed by atoms with Crippen molar-refractivity contribution in [2.45, 2.75) is 26.4 Å². The van der Waals surface area contributed by atoms with E-state index < -0.39 is 35.0 Å². The zero-order chi connectivity index (χ0) is 14.1. The molecule has 0 saturated heterocycles. The number of nitrogens with zero attached hydrogens (tertiary/aromatic N) is 2. The third-order valence-corrected chi connectivity index (χ3v) is 1.76. The van der Waals surface area contributed by atoms with Gasteiger partial charge >= 0.3 is 18.0 Å². The molecule has 0 aromatic carbocycles. The molecule has 2 N–H and O–H groups in total. The monoisotopic (exact) mass is 256 g/mol. The van der Waals surface area contributed by atoms with Gasteiger partial charge in [0.2, 0.25) is 0 Å². The lowest BCUT2D eigenvalue weighted by Crippen LogP contribution is -2.29. The molecule has 0 fully saturated rings. The summed E-state index contributed by atoms with van der Waals surface area (Å²) in [5, 5.41) is 17.7. The summed E-state index contributed by atoms with van der Waals surface area (Å²) >= 11 is 0. The second kappa shape index (κ2) is 4.47. The van der Waals surface area contributed by atoms with Crippen molar-refractivity contribution in [2.24, 2.45) is 0 Å². The lowest BCUT2D eigenvalue weighted by molar-refractivity contribution is 0.0503. The number of ether oxygens (including phenoxy) is 1. The van der Waals surface area contributed by atoms with Gasteiger partial charge in [0, 0.05) is 0 Å². The second-order valence-electron chi connectivity index (χ2n) is 4.40. The van der Waals surface area contributed by atoms with Crippen LogP contribution in [0.25, 0.3) is 0 Å². The first kappa shape index (κ1) is 13.7. The highest BCUT2D eigenvalue weighted by Crippen LogP contribution is 2.13. The van der Waals surface area contributed by atoms with Gasteiger partial charge in [-0.1, -0.05) is 0 Å². The van der Waals surface area contributed by atoms with Crippen molar-refractivity contribution in [3.05, 3.63) is 17.7 Å². The molecule has 0 amide bonds. The molecule has 0 unspecified atom stereocenters. The highest BCUT2D eigenvalue weighted by Gasteiger charge is 2.28. The summed E-state index contributed by atoms with van der Waals surface area (Å²) in [6, 6.07) is 0. The van der Waals surface area contributed by atoms with Crippen LogP contribution < -0.4 is 0 Å². The van der Waals surface area contributed by atoms with Crippen LogP contribution in [0.2, 0.25) is 0 Å². The largest absolute Gasteiger partial charge is 0.476 e. The van der Waals surface area contributed by atoms with E-state index in [1.54, 1.807) is 20.8 Å². The summed E-state index contributed by atoms with van der Waals surface area (Å²) in [4.78, 5) is 36.7. The Labute approximate surface area is 102 Å². The highest BCUT2D eigenvalue weighted by atomic mass is 16.6. The summed E-state index contributed by atoms with van der Waals surface area (Å²) < 4.78 is 5.49. The first-order valence-electron chi connectivity index (χ1n) is 4.91. The average Bonchev–Trinajstić information content (AvgIpc) is 2.58. The number of rotatable bonds is 2. The quantitative estimate of drug-likeness (QED) is 0.811. The lowest BCUT2D eigenvalue weighted by atomic mass is 10.2. The maximum atomic E-state index is 11.7. The summed E-state index contributed by atoms with van der Waals surface area (Å²) in [7, 11) is 0. The van der Waals surface area contributed by atoms with E-state index in [1.165, 1.54) is 0 Å². The number of aromatic nitrogens is 2. The topological polar surface area (TPSA) is 119 Å². The van der Waals surface area contributed by atoms with Crippen molar-refractivity contribution in [3.8, 4) is 0 Å². The van der Waals surface area contributed by atoms with Crippen LogP contribution in [0.15, 0.2) is 6.33 Å². The van der Waals surface area contributed by atoms with Gasteiger partial charge in [-0.15, -0.1) is 0 Å². The fourth-order valence-corrected chi connectivity index (χ4v) is 1.16. The Kier molecular flexibility index (Phi) is 3.40. The molecular formula is C10H12N2O6. The maximum Gasteiger partial charge on any atom is 0.420 e. The minimum absolute atomic E-state index is 0.553. The fourth-order valence-electron chi connectivity index (χ4n) is 1.16. The summed E-state index contributed by atoms with van der Waals surface area (Å²) in [6.07, 6.45) is -0.194. The number of carboxylic acid groups (broad SMARTS) is 2. The van der Waals surface area contributed by atoms with Crippen LogP contribution in [0.5, 0.6) is 0 Å². The van der Waals surface area contributed by atoms with Crippen molar-refractivity contribution in [3.63, 3.8) is 0 Å². The minimum atomic E-state index is -1.57. The van der Waals surface area contributed by atoms with E-state index in [9.17, 15) is 14.4 Å². The van der Waals surface area contributed by atoms with Crippen LogP contribution in [-0.2, 0) is 4.74 Å². The number of hydrogen-bond acceptors (Lipinski definition) is 5. The number of carboxylic acids is 2. The summed E-state index contributed by atoms with van der Waals surface area (Å²) in [6.45, 7) is 4.79. The number of carbonyl (C=O) groups is 3. The van der Waals surface area contributed by atoms with Gasteiger partial charge in [0.05, 0.1) is 0 Å². The molecule has 0 bridgehead atoms. The number of carbonyl (C=O) groups excluding carboxylic acids is 1. The van der Waals surface area contributed by atoms with Crippen molar-refractivity contribution >= 4 is 18.0 Å². The van der Waals surface area contributed by atoms with Gasteiger partial charge in [-0.25, -0.2) is 23.9 Å². The zero-order valence-electron chi connectivity index (χ0n) is 10.00. The minimum Gasteiger partial charge on any atom is -0.476 e. The van der Waals surface area contributed by atoms with E-state index in [0.717, 1.165) is 6.33 Å². The average molecular weight is 256 g/mol. The predicted molar refractivity (Wildman–Crippen MR) is 57.8 cm³/mol. The molecule has 0 aliphatic rings. The summed E-state index contributed by atoms with van der Waals surface area (Å²) in [5.41, 5.74) is -2.29. The van der Waals surface area contributed by atoms with Crippen molar-refractivity contribution < 1.29 is 29.3 Å². The normalized spacial score (nSPS) is 11.1. The van der Waals surface area contributed by atoms with E-state index in [-0.39, 0.29) is 0 Å². The van der Waals surface area contributed by atoms with Crippen LogP contribution >= 0.6 is 0 Å². The molecule has 0 spiro atoms. The molecule has 1 rings (SSSR count). The molecular weight excluding hydrogens is 244 g/mol. The zero-order valence-corrected chi connectivity index (χ0v) is 10.00. The maximum absolute atomic E-state index is 11.7. The van der Waals surface area contributed by atoms with E-state index in [2.05, 4.69) is 4.98 Å². The van der Waals surface area contributed by atoms with Crippen molar-refractivity contribution in [1.29, 1.82) is 0 Å². The lowest BCUT2D eigenvalue weighted by Gasteiger charge is -2.19. The van der Waals surface area contributed by atoms with E-state index in [0.29, 0.717) is 4.57 Å². The molecule has 1 aromatic rings. The first-order chi connectivity index (χ1) is 8.13. The molecule has 0 atom stereocenters. The van der Waals surface area contributed by atoms with Crippen LogP contribution in [-0.4, -0.2) is 43.4 Å². The van der Waals surface area contributed by atoms with Crippen molar-refractivity contribution in [2.75, 3.05) is 0 Å². The molecule has 0 saturated carbocycles. The molecule has 18 heavy (non-hydrogen) atoms. The molecule has 0 aliphatic heterocycles. The molecule has 8 nitrogen and oxygen atoms in total. The van der Waals surface area contributed by atoms with Crippen LogP contribution in [0.3, 0.4) is 0 Å². The van der Waals surface area contributed by atoms with Gasteiger partial charge < -0.3 is 14.9 Å². The Bertz CT molecular complexity index is 511. The van der Waals surface area contributed by atoms with Gasteiger partial charge in [0.25, 0.3) is 0 Å². The Morgan fingerprint density at radius 2 is 1.78 bits per heavy atom. The molecule has 1 aromatic heterocycles. The third-order valence-electron chi connectivity index (χ3n) is 1.76. The van der Waals surface area contributed by atoms with Gasteiger partial charge in [0.1, 0.15) is 11.9 Å². The van der Waals surface area contributed by atoms with Gasteiger partial charge in [0.15, 0.2) is 11.4 Å².